The number of carboxylic acid groups (broad SMARTS) is 2. The van der Waals surface area contributed by atoms with Gasteiger partial charge in [0.25, 0.3) is 0 Å². The third-order valence-corrected chi connectivity index (χ3v) is 0.969. The van der Waals surface area contributed by atoms with Gasteiger partial charge < -0.3 is 10.2 Å². The van der Waals surface area contributed by atoms with Gasteiger partial charge in [-0.1, -0.05) is 36.4 Å². The van der Waals surface area contributed by atoms with Gasteiger partial charge >= 0.3 is 22.4 Å². The number of hydrogen-bond acceptors (Lipinski definition) is 5. The first kappa shape index (κ1) is 17.2. The van der Waals surface area contributed by atoms with Crippen LogP contribution in [0.5, 0.6) is 0 Å². The molecular weight excluding hydrogens is 250 g/mol. The predicted octanol–water partition coefficient (Wildman–Crippen LogP) is 0.860. The molecule has 0 saturated heterocycles. The maximum atomic E-state index is 9.43. The van der Waals surface area contributed by atoms with E-state index in [2.05, 4.69) is 0 Å². The third-order valence-electron chi connectivity index (χ3n) is 0.969. The van der Waals surface area contributed by atoms with Crippen LogP contribution in [0.1, 0.15) is 6.42 Å². The van der Waals surface area contributed by atoms with E-state index in [-0.39, 0.29) is 0 Å². The molecule has 0 bridgehead atoms. The topological polar surface area (TPSA) is 133 Å². The monoisotopic (exact) mass is 261 g/mol. The zero-order chi connectivity index (χ0) is 13.7. The number of rotatable bonds is 2. The van der Waals surface area contributed by atoms with Gasteiger partial charge in [-0.2, -0.15) is 13.2 Å². The van der Waals surface area contributed by atoms with Crippen LogP contribution in [0.4, 0.5) is 0 Å². The highest BCUT2D eigenvalue weighted by Crippen LogP contribution is 1.79. The van der Waals surface area contributed by atoms with Crippen LogP contribution in [0.15, 0.2) is 36.4 Å². The average molecular weight is 261 g/mol. The number of carbonyl (C=O) groups is 2. The Balaban J connectivity index is 0. The molecule has 0 spiro atoms. The maximum absolute atomic E-state index is 9.43. The van der Waals surface area contributed by atoms with E-state index >= 15 is 0 Å². The average Bonchev–Trinajstić information content (AvgIpc) is 2.18. The molecule has 0 radical (unpaired) electrons. The number of nitrogens with one attached hydrogen (secondary N) is 1. The van der Waals surface area contributed by atoms with Crippen molar-refractivity contribution in [2.75, 3.05) is 0 Å². The van der Waals surface area contributed by atoms with Crippen LogP contribution in [0, 0.1) is 4.78 Å². The second-order valence-electron chi connectivity index (χ2n) is 2.35. The molecule has 0 saturated carbocycles. The SMILES string of the molecule is N=S(=O)=O.O=C(O)CC(=O)O.c1ccccc1. The standard InChI is InChI=1S/C6H6.C3H4O4.HNO2S/c1-2-4-6-5-3-1;4-2(5)1-3(6)7;1-4(2)3/h1-6H;1H2,(H,4,5)(H,6,7);1H. The van der Waals surface area contributed by atoms with E-state index in [1.54, 1.807) is 0 Å². The predicted molar refractivity (Wildman–Crippen MR) is 58.0 cm³/mol. The van der Waals surface area contributed by atoms with Crippen molar-refractivity contribution in [1.82, 2.24) is 0 Å². The van der Waals surface area contributed by atoms with Crippen molar-refractivity contribution in [3.05, 3.63) is 36.4 Å². The molecule has 0 atom stereocenters. The fourth-order valence-corrected chi connectivity index (χ4v) is 0.514. The Morgan fingerprint density at radius 1 is 0.882 bits per heavy atom. The molecule has 3 N–H and O–H groups in total. The normalized spacial score (nSPS) is 7.53. The van der Waals surface area contributed by atoms with Gasteiger partial charge in [0.2, 0.25) is 0 Å². The first-order chi connectivity index (χ1) is 7.86. The third kappa shape index (κ3) is 31.6. The van der Waals surface area contributed by atoms with Crippen LogP contribution in [0.25, 0.3) is 0 Å². The van der Waals surface area contributed by atoms with Gasteiger partial charge in [0.1, 0.15) is 6.42 Å². The van der Waals surface area contributed by atoms with Crippen molar-refractivity contribution in [2.24, 2.45) is 0 Å². The molecule has 7 nitrogen and oxygen atoms in total. The second-order valence-corrected chi connectivity index (χ2v) is 2.82. The molecule has 17 heavy (non-hydrogen) atoms. The van der Waals surface area contributed by atoms with Crippen molar-refractivity contribution in [3.8, 4) is 0 Å². The zero-order valence-corrected chi connectivity index (χ0v) is 9.42. The largest absolute Gasteiger partial charge is 0.481 e. The van der Waals surface area contributed by atoms with Crippen molar-refractivity contribution in [2.45, 2.75) is 6.42 Å². The summed E-state index contributed by atoms with van der Waals surface area (Å²) in [6.45, 7) is 0. The molecule has 0 amide bonds. The van der Waals surface area contributed by atoms with E-state index in [0.717, 1.165) is 0 Å². The summed E-state index contributed by atoms with van der Waals surface area (Å²) >= 11 is 0. The Kier molecular flexibility index (Phi) is 12.0. The van der Waals surface area contributed by atoms with Gasteiger partial charge in [0, 0.05) is 0 Å². The molecule has 94 valence electrons. The fraction of sp³-hybridized carbons (Fsp3) is 0.111. The zero-order valence-electron chi connectivity index (χ0n) is 8.61. The molecule has 8 heteroatoms. The smallest absolute Gasteiger partial charge is 0.314 e. The number of carboxylic acids is 2. The Hall–Kier alpha value is -2.22. The molecule has 1 aromatic rings. The van der Waals surface area contributed by atoms with Gasteiger partial charge in [-0.25, -0.2) is 0 Å². The lowest BCUT2D eigenvalue weighted by atomic mass is 10.4. The molecule has 0 aromatic heterocycles. The minimum atomic E-state index is -2.61. The second kappa shape index (κ2) is 11.9. The summed E-state index contributed by atoms with van der Waals surface area (Å²) in [5, 5.41) is 15.4. The van der Waals surface area contributed by atoms with Crippen LogP contribution in [0.3, 0.4) is 0 Å². The highest BCUT2D eigenvalue weighted by atomic mass is 32.2. The number of hydrogen-bond donors (Lipinski definition) is 3. The summed E-state index contributed by atoms with van der Waals surface area (Å²) in [5.74, 6) is -2.62. The lowest BCUT2D eigenvalue weighted by molar-refractivity contribution is -0.147. The van der Waals surface area contributed by atoms with Crippen LogP contribution in [-0.4, -0.2) is 30.6 Å². The Morgan fingerprint density at radius 2 is 1.06 bits per heavy atom. The van der Waals surface area contributed by atoms with Crippen molar-refractivity contribution < 1.29 is 28.2 Å². The molecule has 0 aliphatic carbocycles. The van der Waals surface area contributed by atoms with Crippen molar-refractivity contribution in [1.29, 1.82) is 4.78 Å². The van der Waals surface area contributed by atoms with Gasteiger partial charge in [0.05, 0.1) is 0 Å². The molecule has 0 aliphatic heterocycles. The van der Waals surface area contributed by atoms with E-state index in [9.17, 15) is 9.59 Å². The Labute approximate surface area is 98.8 Å². The summed E-state index contributed by atoms with van der Waals surface area (Å²) in [7, 11) is -2.61. The molecule has 0 unspecified atom stereocenters. The molecule has 0 heterocycles. The quantitative estimate of drug-likeness (QED) is 0.676. The highest BCUT2D eigenvalue weighted by molar-refractivity contribution is 7.60. The summed E-state index contributed by atoms with van der Waals surface area (Å²) in [5.41, 5.74) is 0. The summed E-state index contributed by atoms with van der Waals surface area (Å²) in [6, 6.07) is 12.0. The molecule has 1 rings (SSSR count). The van der Waals surface area contributed by atoms with Crippen molar-refractivity contribution >= 4 is 22.4 Å². The lowest BCUT2D eigenvalue weighted by Crippen LogP contribution is -2.03. The van der Waals surface area contributed by atoms with E-state index in [0.29, 0.717) is 0 Å². The lowest BCUT2D eigenvalue weighted by Gasteiger charge is -1.80. The number of aliphatic carboxylic acids is 2. The van der Waals surface area contributed by atoms with Crippen LogP contribution in [0.2, 0.25) is 0 Å². The van der Waals surface area contributed by atoms with Gasteiger partial charge in [-0.05, 0) is 0 Å². The molecular formula is C9H11NO6S. The summed E-state index contributed by atoms with van der Waals surface area (Å²) in [6.07, 6.45) is -0.806. The van der Waals surface area contributed by atoms with Gasteiger partial charge in [0.15, 0.2) is 0 Å². The van der Waals surface area contributed by atoms with E-state index in [4.69, 9.17) is 23.4 Å². The van der Waals surface area contributed by atoms with Crippen molar-refractivity contribution in [3.63, 3.8) is 0 Å². The first-order valence-corrected chi connectivity index (χ1v) is 5.17. The van der Waals surface area contributed by atoms with Gasteiger partial charge in [-0.15, -0.1) is 0 Å². The molecule has 1 aromatic carbocycles. The molecule has 0 aliphatic rings. The number of benzene rings is 1. The van der Waals surface area contributed by atoms with Gasteiger partial charge in [-0.3, -0.25) is 9.59 Å². The summed E-state index contributed by atoms with van der Waals surface area (Å²) in [4.78, 5) is 18.9. The van der Waals surface area contributed by atoms with Crippen LogP contribution >= 0.6 is 0 Å². The summed E-state index contributed by atoms with van der Waals surface area (Å²) < 4.78 is 22.8. The van der Waals surface area contributed by atoms with Crippen LogP contribution < -0.4 is 0 Å². The Bertz CT molecular complexity index is 381. The Morgan fingerprint density at radius 3 is 1.12 bits per heavy atom. The first-order valence-electron chi connectivity index (χ1n) is 4.10. The minimum absolute atomic E-state index is 0.806. The van der Waals surface area contributed by atoms with E-state index < -0.39 is 28.9 Å². The molecule has 0 fully saturated rings. The van der Waals surface area contributed by atoms with E-state index in [1.807, 2.05) is 36.4 Å². The minimum Gasteiger partial charge on any atom is -0.481 e. The van der Waals surface area contributed by atoms with E-state index in [1.165, 1.54) is 0 Å². The maximum Gasteiger partial charge on any atom is 0.314 e. The van der Waals surface area contributed by atoms with Crippen LogP contribution in [-0.2, 0) is 20.1 Å². The highest BCUT2D eigenvalue weighted by Gasteiger charge is 2.01. The fourth-order valence-electron chi connectivity index (χ4n) is 0.514.